The van der Waals surface area contributed by atoms with Gasteiger partial charge in [0.2, 0.25) is 0 Å². The molecule has 0 aromatic rings. The Morgan fingerprint density at radius 1 is 1.25 bits per heavy atom. The van der Waals surface area contributed by atoms with E-state index < -0.39 is 5.60 Å². The quantitative estimate of drug-likeness (QED) is 0.649. The van der Waals surface area contributed by atoms with Gasteiger partial charge in [-0.15, -0.1) is 0 Å². The lowest BCUT2D eigenvalue weighted by Gasteiger charge is -2.34. The first kappa shape index (κ1) is 13.9. The van der Waals surface area contributed by atoms with Crippen molar-refractivity contribution in [2.75, 3.05) is 19.7 Å². The summed E-state index contributed by atoms with van der Waals surface area (Å²) in [5.41, 5.74) is -0.548. The van der Waals surface area contributed by atoms with Crippen LogP contribution in [-0.2, 0) is 0 Å². The van der Waals surface area contributed by atoms with Crippen LogP contribution in [0.2, 0.25) is 0 Å². The summed E-state index contributed by atoms with van der Waals surface area (Å²) in [7, 11) is 0. The fourth-order valence-electron chi connectivity index (χ4n) is 2.28. The Kier molecular flexibility index (Phi) is 5.22. The van der Waals surface area contributed by atoms with Gasteiger partial charge in [-0.3, -0.25) is 0 Å². The molecule has 0 aromatic heterocycles. The average molecular weight is 229 g/mol. The molecular weight excluding hydrogens is 202 g/mol. The highest BCUT2D eigenvalue weighted by Crippen LogP contribution is 2.27. The zero-order chi connectivity index (χ0) is 12.1. The van der Waals surface area contributed by atoms with Crippen LogP contribution < -0.4 is 5.32 Å². The zero-order valence-electron chi connectivity index (χ0n) is 10.8. The van der Waals surface area contributed by atoms with Crippen molar-refractivity contribution < 1.29 is 10.2 Å². The second kappa shape index (κ2) is 5.99. The lowest BCUT2D eigenvalue weighted by atomic mass is 9.84. The van der Waals surface area contributed by atoms with Gasteiger partial charge in [-0.2, -0.15) is 0 Å². The molecule has 1 rings (SSSR count). The van der Waals surface area contributed by atoms with E-state index in [1.165, 1.54) is 6.42 Å². The van der Waals surface area contributed by atoms with E-state index in [0.29, 0.717) is 6.54 Å². The highest BCUT2D eigenvalue weighted by Gasteiger charge is 2.29. The molecule has 0 saturated heterocycles. The van der Waals surface area contributed by atoms with Gasteiger partial charge in [0.25, 0.3) is 0 Å². The van der Waals surface area contributed by atoms with Crippen molar-refractivity contribution in [3.8, 4) is 0 Å². The third kappa shape index (κ3) is 4.04. The largest absolute Gasteiger partial charge is 0.396 e. The van der Waals surface area contributed by atoms with Crippen LogP contribution in [0.1, 0.15) is 52.4 Å². The summed E-state index contributed by atoms with van der Waals surface area (Å²) in [5.74, 6) is 0. The minimum absolute atomic E-state index is 0.0506. The average Bonchev–Trinajstić information content (AvgIpc) is 2.29. The van der Waals surface area contributed by atoms with E-state index in [1.54, 1.807) is 0 Å². The van der Waals surface area contributed by atoms with Crippen molar-refractivity contribution in [2.24, 2.45) is 5.41 Å². The molecule has 1 atom stereocenters. The number of hydrogen-bond donors (Lipinski definition) is 3. The molecule has 0 amide bonds. The first-order valence-corrected chi connectivity index (χ1v) is 6.58. The van der Waals surface area contributed by atoms with Crippen molar-refractivity contribution >= 4 is 0 Å². The zero-order valence-corrected chi connectivity index (χ0v) is 10.8. The van der Waals surface area contributed by atoms with Crippen LogP contribution in [0.3, 0.4) is 0 Å². The van der Waals surface area contributed by atoms with E-state index in [-0.39, 0.29) is 12.0 Å². The van der Waals surface area contributed by atoms with Crippen molar-refractivity contribution in [1.82, 2.24) is 5.32 Å². The van der Waals surface area contributed by atoms with E-state index in [0.717, 1.165) is 38.6 Å². The molecule has 3 heteroatoms. The molecule has 1 aliphatic carbocycles. The molecular formula is C13H27NO2. The number of aliphatic hydroxyl groups is 2. The number of nitrogens with one attached hydrogen (secondary N) is 1. The topological polar surface area (TPSA) is 52.5 Å². The van der Waals surface area contributed by atoms with Gasteiger partial charge in [0.15, 0.2) is 0 Å². The van der Waals surface area contributed by atoms with Crippen molar-refractivity contribution in [3.63, 3.8) is 0 Å². The van der Waals surface area contributed by atoms with Gasteiger partial charge in [-0.25, -0.2) is 0 Å². The number of aliphatic hydroxyl groups excluding tert-OH is 1. The van der Waals surface area contributed by atoms with Crippen molar-refractivity contribution in [3.05, 3.63) is 0 Å². The first-order valence-electron chi connectivity index (χ1n) is 6.58. The van der Waals surface area contributed by atoms with Crippen LogP contribution in [0.4, 0.5) is 0 Å². The van der Waals surface area contributed by atoms with Crippen LogP contribution >= 0.6 is 0 Å². The standard InChI is InChI=1S/C13H27NO2/c1-3-12(2,11-15)9-14-10-13(16)7-5-4-6-8-13/h14-16H,3-11H2,1-2H3. The first-order chi connectivity index (χ1) is 7.54. The molecule has 1 aliphatic rings. The Morgan fingerprint density at radius 2 is 1.88 bits per heavy atom. The van der Waals surface area contributed by atoms with E-state index in [1.807, 2.05) is 0 Å². The summed E-state index contributed by atoms with van der Waals surface area (Å²) < 4.78 is 0. The maximum Gasteiger partial charge on any atom is 0.0771 e. The lowest BCUT2D eigenvalue weighted by molar-refractivity contribution is 0.00140. The molecule has 0 heterocycles. The van der Waals surface area contributed by atoms with Crippen LogP contribution in [0.15, 0.2) is 0 Å². The normalized spacial score (nSPS) is 24.0. The fraction of sp³-hybridized carbons (Fsp3) is 1.00. The minimum atomic E-state index is -0.498. The maximum absolute atomic E-state index is 10.3. The second-order valence-electron chi connectivity index (χ2n) is 5.71. The molecule has 3 nitrogen and oxygen atoms in total. The Bertz CT molecular complexity index is 196. The summed E-state index contributed by atoms with van der Waals surface area (Å²) in [4.78, 5) is 0. The Morgan fingerprint density at radius 3 is 2.38 bits per heavy atom. The third-order valence-electron chi connectivity index (χ3n) is 4.03. The molecule has 0 aliphatic heterocycles. The highest BCUT2D eigenvalue weighted by molar-refractivity contribution is 4.85. The fourth-order valence-corrected chi connectivity index (χ4v) is 2.28. The van der Waals surface area contributed by atoms with Gasteiger partial charge in [0.1, 0.15) is 0 Å². The van der Waals surface area contributed by atoms with Gasteiger partial charge in [-0.05, 0) is 19.3 Å². The van der Waals surface area contributed by atoms with Crippen LogP contribution in [0.25, 0.3) is 0 Å². The molecule has 1 saturated carbocycles. The summed E-state index contributed by atoms with van der Waals surface area (Å²) in [6, 6.07) is 0. The van der Waals surface area contributed by atoms with Gasteiger partial charge < -0.3 is 15.5 Å². The SMILES string of the molecule is CCC(C)(CO)CNCC1(O)CCCCC1. The molecule has 1 unspecified atom stereocenters. The summed E-state index contributed by atoms with van der Waals surface area (Å²) in [6.45, 7) is 5.82. The Hall–Kier alpha value is -0.120. The minimum Gasteiger partial charge on any atom is -0.396 e. The van der Waals surface area contributed by atoms with Crippen molar-refractivity contribution in [1.29, 1.82) is 0 Å². The van der Waals surface area contributed by atoms with E-state index in [2.05, 4.69) is 19.2 Å². The Labute approximate surface area is 99.3 Å². The molecule has 1 fully saturated rings. The van der Waals surface area contributed by atoms with Crippen LogP contribution in [0.5, 0.6) is 0 Å². The third-order valence-corrected chi connectivity index (χ3v) is 4.03. The van der Waals surface area contributed by atoms with E-state index >= 15 is 0 Å². The van der Waals surface area contributed by atoms with Gasteiger partial charge >= 0.3 is 0 Å². The molecule has 3 N–H and O–H groups in total. The summed E-state index contributed by atoms with van der Waals surface area (Å²) in [6.07, 6.45) is 6.33. The van der Waals surface area contributed by atoms with E-state index in [9.17, 15) is 10.2 Å². The molecule has 0 bridgehead atoms. The lowest BCUT2D eigenvalue weighted by Crippen LogP contribution is -2.45. The van der Waals surface area contributed by atoms with Gasteiger partial charge in [0.05, 0.1) is 5.60 Å². The molecule has 16 heavy (non-hydrogen) atoms. The predicted molar refractivity (Wildman–Crippen MR) is 66.4 cm³/mol. The predicted octanol–water partition coefficient (Wildman–Crippen LogP) is 1.68. The molecule has 0 spiro atoms. The van der Waals surface area contributed by atoms with Crippen LogP contribution in [-0.4, -0.2) is 35.5 Å². The van der Waals surface area contributed by atoms with Gasteiger partial charge in [-0.1, -0.05) is 33.1 Å². The maximum atomic E-state index is 10.3. The van der Waals surface area contributed by atoms with Crippen molar-refractivity contribution in [2.45, 2.75) is 58.0 Å². The van der Waals surface area contributed by atoms with E-state index in [4.69, 9.17) is 0 Å². The van der Waals surface area contributed by atoms with Crippen LogP contribution in [0, 0.1) is 5.41 Å². The Balaban J connectivity index is 2.28. The monoisotopic (exact) mass is 229 g/mol. The molecule has 96 valence electrons. The summed E-state index contributed by atoms with van der Waals surface area (Å²) >= 11 is 0. The van der Waals surface area contributed by atoms with Gasteiger partial charge in [0, 0.05) is 25.1 Å². The second-order valence-corrected chi connectivity index (χ2v) is 5.71. The number of hydrogen-bond acceptors (Lipinski definition) is 3. The number of rotatable bonds is 6. The highest BCUT2D eigenvalue weighted by atomic mass is 16.3. The molecule has 0 aromatic carbocycles. The summed E-state index contributed by atoms with van der Waals surface area (Å²) in [5, 5.41) is 22.9. The molecule has 0 radical (unpaired) electrons. The smallest absolute Gasteiger partial charge is 0.0771 e.